The zero-order chi connectivity index (χ0) is 11.3. The summed E-state index contributed by atoms with van der Waals surface area (Å²) in [7, 11) is 3.95. The fraction of sp³-hybridized carbons (Fsp3) is 0.364. The Morgan fingerprint density at radius 1 is 1.27 bits per heavy atom. The zero-order valence-corrected chi connectivity index (χ0v) is 12.1. The molecule has 1 nitrogen and oxygen atoms in total. The minimum atomic E-state index is 0.913. The Balaban J connectivity index is 2.47. The van der Waals surface area contributed by atoms with E-state index in [4.69, 9.17) is 12.2 Å². The topological polar surface area (TPSA) is 3.24 Å². The predicted octanol–water partition coefficient (Wildman–Crippen LogP) is 3.66. The Morgan fingerprint density at radius 2 is 1.80 bits per heavy atom. The van der Waals surface area contributed by atoms with Gasteiger partial charge in [-0.3, -0.25) is 0 Å². The molecule has 0 spiro atoms. The largest absolute Gasteiger partial charge is 0.364 e. The zero-order valence-electron chi connectivity index (χ0n) is 8.87. The molecule has 82 valence electrons. The summed E-state index contributed by atoms with van der Waals surface area (Å²) in [5.74, 6) is 0.944. The second kappa shape index (κ2) is 6.51. The Bertz CT molecular complexity index is 322. The van der Waals surface area contributed by atoms with Crippen LogP contribution in [0.4, 0.5) is 0 Å². The molecule has 1 aromatic rings. The first-order valence-corrected chi connectivity index (χ1v) is 7.13. The molecular weight excluding hydrogens is 290 g/mol. The fourth-order valence-electron chi connectivity index (χ4n) is 0.999. The van der Waals surface area contributed by atoms with Gasteiger partial charge >= 0.3 is 0 Å². The lowest BCUT2D eigenvalue weighted by Crippen LogP contribution is -2.16. The van der Waals surface area contributed by atoms with Crippen LogP contribution in [0.1, 0.15) is 11.1 Å². The highest BCUT2D eigenvalue weighted by Crippen LogP contribution is 2.16. The van der Waals surface area contributed by atoms with Crippen molar-refractivity contribution in [2.24, 2.45) is 0 Å². The van der Waals surface area contributed by atoms with Gasteiger partial charge in [0.2, 0.25) is 0 Å². The SMILES string of the molecule is CN(C)C(=S)SCc1ccc(CBr)cc1. The van der Waals surface area contributed by atoms with Gasteiger partial charge in [-0.15, -0.1) is 0 Å². The standard InChI is InChI=1S/C11H14BrNS2/c1-13(2)11(14)15-8-10-5-3-9(7-12)4-6-10/h3-6H,7-8H2,1-2H3. The van der Waals surface area contributed by atoms with Crippen molar-refractivity contribution in [3.05, 3.63) is 35.4 Å². The molecule has 0 saturated heterocycles. The number of rotatable bonds is 3. The first-order chi connectivity index (χ1) is 7.13. The van der Waals surface area contributed by atoms with Gasteiger partial charge in [0, 0.05) is 25.2 Å². The first-order valence-electron chi connectivity index (χ1n) is 4.61. The predicted molar refractivity (Wildman–Crippen MR) is 76.7 cm³/mol. The summed E-state index contributed by atoms with van der Waals surface area (Å²) in [6.07, 6.45) is 0. The maximum Gasteiger partial charge on any atom is 0.136 e. The van der Waals surface area contributed by atoms with Crippen molar-refractivity contribution < 1.29 is 0 Å². The van der Waals surface area contributed by atoms with Gasteiger partial charge in [-0.25, -0.2) is 0 Å². The first kappa shape index (κ1) is 13.0. The summed E-state index contributed by atoms with van der Waals surface area (Å²) < 4.78 is 0.930. The molecule has 0 aliphatic heterocycles. The van der Waals surface area contributed by atoms with Gasteiger partial charge < -0.3 is 4.90 Å². The van der Waals surface area contributed by atoms with Gasteiger partial charge in [0.25, 0.3) is 0 Å². The average Bonchev–Trinajstić information content (AvgIpc) is 2.26. The lowest BCUT2D eigenvalue weighted by molar-refractivity contribution is 0.648. The molecule has 15 heavy (non-hydrogen) atoms. The Labute approximate surface area is 109 Å². The maximum absolute atomic E-state index is 5.21. The quantitative estimate of drug-likeness (QED) is 0.620. The molecule has 0 heterocycles. The molecule has 0 fully saturated rings. The summed E-state index contributed by atoms with van der Waals surface area (Å²) in [5, 5.41) is 0.913. The molecule has 0 aliphatic carbocycles. The van der Waals surface area contributed by atoms with E-state index in [9.17, 15) is 0 Å². The van der Waals surface area contributed by atoms with Crippen LogP contribution in [0.5, 0.6) is 0 Å². The number of hydrogen-bond donors (Lipinski definition) is 0. The summed E-state index contributed by atoms with van der Waals surface area (Å²) in [5.41, 5.74) is 2.62. The Morgan fingerprint density at radius 3 is 2.27 bits per heavy atom. The van der Waals surface area contributed by atoms with Crippen molar-refractivity contribution in [1.82, 2.24) is 4.90 Å². The van der Waals surface area contributed by atoms with Crippen molar-refractivity contribution >= 4 is 44.2 Å². The molecule has 0 aliphatic rings. The van der Waals surface area contributed by atoms with Gasteiger partial charge in [-0.1, -0.05) is 64.2 Å². The summed E-state index contributed by atoms with van der Waals surface area (Å²) in [6, 6.07) is 8.59. The highest BCUT2D eigenvalue weighted by molar-refractivity contribution is 9.08. The molecule has 0 atom stereocenters. The fourth-order valence-corrected chi connectivity index (χ4v) is 2.29. The Hall–Kier alpha value is -0.0600. The smallest absolute Gasteiger partial charge is 0.136 e. The molecule has 4 heteroatoms. The van der Waals surface area contributed by atoms with Gasteiger partial charge in [0.05, 0.1) is 0 Å². The molecule has 0 aromatic heterocycles. The van der Waals surface area contributed by atoms with Crippen molar-refractivity contribution in [3.8, 4) is 0 Å². The normalized spacial score (nSPS) is 10.1. The van der Waals surface area contributed by atoms with Crippen LogP contribution < -0.4 is 0 Å². The van der Waals surface area contributed by atoms with Crippen LogP contribution in [0.15, 0.2) is 24.3 Å². The minimum Gasteiger partial charge on any atom is -0.364 e. The van der Waals surface area contributed by atoms with E-state index in [2.05, 4.69) is 40.2 Å². The number of alkyl halides is 1. The van der Waals surface area contributed by atoms with Crippen molar-refractivity contribution in [2.75, 3.05) is 14.1 Å². The highest BCUT2D eigenvalue weighted by atomic mass is 79.9. The van der Waals surface area contributed by atoms with Crippen LogP contribution in [0.25, 0.3) is 0 Å². The third kappa shape index (κ3) is 4.53. The summed E-state index contributed by atoms with van der Waals surface area (Å²) >= 11 is 10.3. The lowest BCUT2D eigenvalue weighted by Gasteiger charge is -2.12. The number of halogens is 1. The van der Waals surface area contributed by atoms with Gasteiger partial charge in [-0.05, 0) is 11.1 Å². The van der Waals surface area contributed by atoms with E-state index in [1.807, 2.05) is 19.0 Å². The third-order valence-corrected chi connectivity index (χ3v) is 4.36. The van der Waals surface area contributed by atoms with Gasteiger partial charge in [0.15, 0.2) is 0 Å². The number of nitrogens with zero attached hydrogens (tertiary/aromatic N) is 1. The molecule has 0 radical (unpaired) electrons. The van der Waals surface area contributed by atoms with E-state index in [0.717, 1.165) is 15.4 Å². The molecule has 1 aromatic carbocycles. The van der Waals surface area contributed by atoms with E-state index >= 15 is 0 Å². The van der Waals surface area contributed by atoms with Crippen molar-refractivity contribution in [1.29, 1.82) is 0 Å². The minimum absolute atomic E-state index is 0.913. The summed E-state index contributed by atoms with van der Waals surface area (Å²) in [6.45, 7) is 0. The maximum atomic E-state index is 5.21. The van der Waals surface area contributed by atoms with E-state index in [-0.39, 0.29) is 0 Å². The number of benzene rings is 1. The van der Waals surface area contributed by atoms with Crippen LogP contribution in [0.2, 0.25) is 0 Å². The van der Waals surface area contributed by atoms with Crippen LogP contribution >= 0.6 is 39.9 Å². The molecule has 0 amide bonds. The van der Waals surface area contributed by atoms with Gasteiger partial charge in [-0.2, -0.15) is 0 Å². The Kier molecular flexibility index (Phi) is 5.64. The average molecular weight is 304 g/mol. The molecule has 0 saturated carbocycles. The van der Waals surface area contributed by atoms with Crippen molar-refractivity contribution in [3.63, 3.8) is 0 Å². The number of thiocarbonyl (C=S) groups is 1. The van der Waals surface area contributed by atoms with E-state index in [1.165, 1.54) is 11.1 Å². The van der Waals surface area contributed by atoms with Gasteiger partial charge in [0.1, 0.15) is 4.32 Å². The number of thioether (sulfide) groups is 1. The second-order valence-electron chi connectivity index (χ2n) is 3.40. The molecular formula is C11H14BrNS2. The van der Waals surface area contributed by atoms with Crippen LogP contribution in [0, 0.1) is 0 Å². The van der Waals surface area contributed by atoms with Crippen molar-refractivity contribution in [2.45, 2.75) is 11.1 Å². The van der Waals surface area contributed by atoms with Crippen LogP contribution in [-0.4, -0.2) is 23.3 Å². The molecule has 0 bridgehead atoms. The van der Waals surface area contributed by atoms with Crippen LogP contribution in [-0.2, 0) is 11.1 Å². The highest BCUT2D eigenvalue weighted by Gasteiger charge is 2.00. The monoisotopic (exact) mass is 303 g/mol. The second-order valence-corrected chi connectivity index (χ2v) is 5.57. The molecule has 0 unspecified atom stereocenters. The number of hydrogen-bond acceptors (Lipinski definition) is 2. The van der Waals surface area contributed by atoms with Crippen LogP contribution in [0.3, 0.4) is 0 Å². The van der Waals surface area contributed by atoms with E-state index in [0.29, 0.717) is 0 Å². The molecule has 0 N–H and O–H groups in total. The lowest BCUT2D eigenvalue weighted by atomic mass is 10.2. The third-order valence-electron chi connectivity index (χ3n) is 1.90. The molecule has 1 rings (SSSR count). The summed E-state index contributed by atoms with van der Waals surface area (Å²) in [4.78, 5) is 1.97. The van der Waals surface area contributed by atoms with E-state index in [1.54, 1.807) is 11.8 Å². The van der Waals surface area contributed by atoms with E-state index < -0.39 is 0 Å².